The predicted octanol–water partition coefficient (Wildman–Crippen LogP) is 2.39. The van der Waals surface area contributed by atoms with Gasteiger partial charge in [-0.2, -0.15) is 5.26 Å². The van der Waals surface area contributed by atoms with Gasteiger partial charge in [0.1, 0.15) is 29.6 Å². The van der Waals surface area contributed by atoms with Crippen LogP contribution in [-0.2, 0) is 0 Å². The van der Waals surface area contributed by atoms with Crippen molar-refractivity contribution < 1.29 is 8.78 Å². The summed E-state index contributed by atoms with van der Waals surface area (Å²) in [5.41, 5.74) is 0.0815. The van der Waals surface area contributed by atoms with E-state index in [1.807, 2.05) is 0 Å². The average molecular weight is 247 g/mol. The van der Waals surface area contributed by atoms with Crippen molar-refractivity contribution in [3.63, 3.8) is 0 Å². The number of aromatic nitrogens is 2. The van der Waals surface area contributed by atoms with Crippen molar-refractivity contribution in [2.45, 2.75) is 0 Å². The van der Waals surface area contributed by atoms with E-state index < -0.39 is 11.6 Å². The minimum atomic E-state index is -0.733. The highest BCUT2D eigenvalue weighted by Gasteiger charge is 2.05. The first-order valence-corrected chi connectivity index (χ1v) is 4.88. The molecule has 7 heteroatoms. The molecule has 0 aliphatic carbocycles. The van der Waals surface area contributed by atoms with Gasteiger partial charge in [0.05, 0.1) is 5.69 Å². The van der Waals surface area contributed by atoms with Crippen LogP contribution in [0.2, 0.25) is 0 Å². The molecule has 2 rings (SSSR count). The number of rotatable bonds is 3. The molecular weight excluding hydrogens is 240 g/mol. The molecule has 1 aromatic heterocycles. The molecule has 5 nitrogen and oxygen atoms in total. The summed E-state index contributed by atoms with van der Waals surface area (Å²) in [5, 5.41) is 13.4. The van der Waals surface area contributed by atoms with Crippen molar-refractivity contribution >= 4 is 17.3 Å². The molecule has 1 heterocycles. The van der Waals surface area contributed by atoms with Crippen LogP contribution in [0.5, 0.6) is 0 Å². The van der Waals surface area contributed by atoms with Gasteiger partial charge in [0, 0.05) is 12.1 Å². The van der Waals surface area contributed by atoms with Crippen LogP contribution in [0, 0.1) is 23.1 Å². The molecule has 0 atom stereocenters. The number of halogens is 2. The maximum Gasteiger partial charge on any atom is 0.182 e. The third-order valence-electron chi connectivity index (χ3n) is 2.04. The molecule has 0 spiro atoms. The van der Waals surface area contributed by atoms with Gasteiger partial charge in [-0.1, -0.05) is 0 Å². The van der Waals surface area contributed by atoms with Crippen LogP contribution < -0.4 is 10.6 Å². The number of benzene rings is 1. The smallest absolute Gasteiger partial charge is 0.182 e. The van der Waals surface area contributed by atoms with Crippen LogP contribution in [0.4, 0.5) is 26.1 Å². The molecular formula is C11H7F2N5. The molecule has 1 aromatic carbocycles. The standard InChI is InChI=1S/C11H7F2N5/c12-7-1-2-9(8(13)3-7)18-11-4-10(15-5-14)16-6-17-11/h1-4,6H,(H2,15,16,17,18). The van der Waals surface area contributed by atoms with E-state index in [1.165, 1.54) is 18.5 Å². The van der Waals surface area contributed by atoms with Gasteiger partial charge >= 0.3 is 0 Å². The van der Waals surface area contributed by atoms with E-state index in [2.05, 4.69) is 20.6 Å². The third-order valence-corrected chi connectivity index (χ3v) is 2.04. The first-order chi connectivity index (χ1) is 8.69. The fourth-order valence-corrected chi connectivity index (χ4v) is 1.28. The molecule has 0 aliphatic heterocycles. The molecule has 0 saturated heterocycles. The van der Waals surface area contributed by atoms with Crippen molar-refractivity contribution in [1.82, 2.24) is 9.97 Å². The van der Waals surface area contributed by atoms with E-state index in [9.17, 15) is 8.78 Å². The van der Waals surface area contributed by atoms with Gasteiger partial charge in [0.25, 0.3) is 0 Å². The number of nitrogens with zero attached hydrogens (tertiary/aromatic N) is 3. The second kappa shape index (κ2) is 5.05. The fraction of sp³-hybridized carbons (Fsp3) is 0. The van der Waals surface area contributed by atoms with Crippen LogP contribution in [-0.4, -0.2) is 9.97 Å². The second-order valence-electron chi connectivity index (χ2n) is 3.27. The SMILES string of the molecule is N#CNc1cc(Nc2ccc(F)cc2F)ncn1. The molecule has 0 radical (unpaired) electrons. The van der Waals surface area contributed by atoms with Crippen molar-refractivity contribution in [3.8, 4) is 6.19 Å². The molecule has 90 valence electrons. The number of nitrogens with one attached hydrogen (secondary N) is 2. The second-order valence-corrected chi connectivity index (χ2v) is 3.27. The van der Waals surface area contributed by atoms with Crippen molar-refractivity contribution in [3.05, 3.63) is 42.2 Å². The number of hydrogen-bond acceptors (Lipinski definition) is 5. The summed E-state index contributed by atoms with van der Waals surface area (Å²) in [7, 11) is 0. The molecule has 18 heavy (non-hydrogen) atoms. The highest BCUT2D eigenvalue weighted by Crippen LogP contribution is 2.20. The Morgan fingerprint density at radius 2 is 1.89 bits per heavy atom. The van der Waals surface area contributed by atoms with E-state index >= 15 is 0 Å². The van der Waals surface area contributed by atoms with E-state index in [0.717, 1.165) is 12.1 Å². The van der Waals surface area contributed by atoms with Crippen LogP contribution in [0.3, 0.4) is 0 Å². The van der Waals surface area contributed by atoms with Crippen molar-refractivity contribution in [2.75, 3.05) is 10.6 Å². The first-order valence-electron chi connectivity index (χ1n) is 4.88. The number of hydrogen-bond donors (Lipinski definition) is 2. The summed E-state index contributed by atoms with van der Waals surface area (Å²) in [4.78, 5) is 7.62. The Morgan fingerprint density at radius 1 is 1.11 bits per heavy atom. The van der Waals surface area contributed by atoms with Gasteiger partial charge in [-0.25, -0.2) is 18.7 Å². The minimum Gasteiger partial charge on any atom is -0.338 e. The Balaban J connectivity index is 2.23. The maximum absolute atomic E-state index is 13.4. The Morgan fingerprint density at radius 3 is 2.61 bits per heavy atom. The maximum atomic E-state index is 13.4. The van der Waals surface area contributed by atoms with E-state index in [-0.39, 0.29) is 17.3 Å². The highest BCUT2D eigenvalue weighted by atomic mass is 19.1. The Labute approximate surface area is 101 Å². The number of anilines is 3. The molecule has 0 unspecified atom stereocenters. The highest BCUT2D eigenvalue weighted by molar-refractivity contribution is 5.59. The lowest BCUT2D eigenvalue weighted by atomic mass is 10.3. The first kappa shape index (κ1) is 11.7. The summed E-state index contributed by atoms with van der Waals surface area (Å²) < 4.78 is 26.1. The molecule has 0 aliphatic rings. The summed E-state index contributed by atoms with van der Waals surface area (Å²) in [6.07, 6.45) is 2.91. The summed E-state index contributed by atoms with van der Waals surface area (Å²) in [6, 6.07) is 4.56. The quantitative estimate of drug-likeness (QED) is 0.643. The van der Waals surface area contributed by atoms with Crippen LogP contribution in [0.25, 0.3) is 0 Å². The molecule has 0 fully saturated rings. The van der Waals surface area contributed by atoms with Gasteiger partial charge in [0.2, 0.25) is 0 Å². The number of nitriles is 1. The Bertz CT molecular complexity index is 609. The lowest BCUT2D eigenvalue weighted by Gasteiger charge is -2.07. The van der Waals surface area contributed by atoms with Crippen LogP contribution in [0.15, 0.2) is 30.6 Å². The molecule has 2 N–H and O–H groups in total. The lowest BCUT2D eigenvalue weighted by Crippen LogP contribution is -1.99. The topological polar surface area (TPSA) is 73.6 Å². The molecule has 0 bridgehead atoms. The van der Waals surface area contributed by atoms with Gasteiger partial charge in [-0.3, -0.25) is 5.32 Å². The lowest BCUT2D eigenvalue weighted by molar-refractivity contribution is 0.586. The van der Waals surface area contributed by atoms with E-state index in [4.69, 9.17) is 5.26 Å². The average Bonchev–Trinajstić information content (AvgIpc) is 2.34. The molecule has 2 aromatic rings. The summed E-state index contributed by atoms with van der Waals surface area (Å²) in [5.74, 6) is -0.832. The zero-order valence-corrected chi connectivity index (χ0v) is 8.98. The third kappa shape index (κ3) is 2.68. The summed E-state index contributed by atoms with van der Waals surface area (Å²) in [6.45, 7) is 0. The zero-order chi connectivity index (χ0) is 13.0. The van der Waals surface area contributed by atoms with E-state index in [1.54, 1.807) is 6.19 Å². The van der Waals surface area contributed by atoms with Crippen LogP contribution in [0.1, 0.15) is 0 Å². The van der Waals surface area contributed by atoms with Crippen LogP contribution >= 0.6 is 0 Å². The minimum absolute atomic E-state index is 0.0815. The normalized spacial score (nSPS) is 9.61. The van der Waals surface area contributed by atoms with Crippen molar-refractivity contribution in [1.29, 1.82) is 5.26 Å². The van der Waals surface area contributed by atoms with Gasteiger partial charge < -0.3 is 5.32 Å². The van der Waals surface area contributed by atoms with Gasteiger partial charge in [-0.05, 0) is 12.1 Å². The molecule has 0 amide bonds. The van der Waals surface area contributed by atoms with Gasteiger partial charge in [0.15, 0.2) is 6.19 Å². The van der Waals surface area contributed by atoms with E-state index in [0.29, 0.717) is 0 Å². The van der Waals surface area contributed by atoms with Crippen molar-refractivity contribution in [2.24, 2.45) is 0 Å². The zero-order valence-electron chi connectivity index (χ0n) is 8.98. The fourth-order valence-electron chi connectivity index (χ4n) is 1.28. The Kier molecular flexibility index (Phi) is 3.29. The Hall–Kier alpha value is -2.75. The predicted molar refractivity (Wildman–Crippen MR) is 60.9 cm³/mol. The monoisotopic (exact) mass is 247 g/mol. The molecule has 0 saturated carbocycles. The summed E-state index contributed by atoms with van der Waals surface area (Å²) >= 11 is 0. The largest absolute Gasteiger partial charge is 0.338 e. The van der Waals surface area contributed by atoms with Gasteiger partial charge in [-0.15, -0.1) is 0 Å².